The number of benzene rings is 1. The monoisotopic (exact) mass is 288 g/mol. The number of rotatable bonds is 3. The molecule has 1 aromatic carbocycles. The largest absolute Gasteiger partial charge is 0.465 e. The van der Waals surface area contributed by atoms with E-state index in [9.17, 15) is 10.1 Å². The average Bonchev–Trinajstić information content (AvgIpc) is 2.92. The van der Waals surface area contributed by atoms with Crippen LogP contribution in [0.2, 0.25) is 0 Å². The van der Waals surface area contributed by atoms with Crippen molar-refractivity contribution in [3.8, 4) is 17.6 Å². The van der Waals surface area contributed by atoms with E-state index in [1.807, 2.05) is 6.07 Å². The maximum atomic E-state index is 12.1. The predicted octanol–water partition coefficient (Wildman–Crippen LogP) is 1.30. The SMILES string of the molecule is CCOC(=O)C1(N)CC(C#N)C1c1ccc2c(c1)OCO2. The molecule has 1 saturated carbocycles. The number of fused-ring (bicyclic) bond motifs is 1. The van der Waals surface area contributed by atoms with Crippen molar-refractivity contribution in [3.05, 3.63) is 23.8 Å². The molecule has 1 aliphatic heterocycles. The third-order valence-corrected chi connectivity index (χ3v) is 4.09. The predicted molar refractivity (Wildman–Crippen MR) is 72.6 cm³/mol. The van der Waals surface area contributed by atoms with Crippen molar-refractivity contribution in [2.75, 3.05) is 13.4 Å². The first-order valence-corrected chi connectivity index (χ1v) is 6.85. The van der Waals surface area contributed by atoms with Gasteiger partial charge in [0, 0.05) is 5.92 Å². The zero-order chi connectivity index (χ0) is 15.0. The van der Waals surface area contributed by atoms with Crippen LogP contribution in [0, 0.1) is 17.2 Å². The maximum absolute atomic E-state index is 12.1. The molecule has 3 unspecified atom stereocenters. The van der Waals surface area contributed by atoms with Crippen LogP contribution >= 0.6 is 0 Å². The van der Waals surface area contributed by atoms with Gasteiger partial charge in [0.25, 0.3) is 0 Å². The Balaban J connectivity index is 1.93. The Hall–Kier alpha value is -2.26. The number of carbonyl (C=O) groups is 1. The number of nitrogens with zero attached hydrogens (tertiary/aromatic N) is 1. The molecular formula is C15H16N2O4. The molecule has 0 saturated heterocycles. The first-order chi connectivity index (χ1) is 10.1. The second-order valence-electron chi connectivity index (χ2n) is 5.29. The van der Waals surface area contributed by atoms with Crippen molar-refractivity contribution in [2.24, 2.45) is 11.7 Å². The summed E-state index contributed by atoms with van der Waals surface area (Å²) in [6.45, 7) is 2.18. The Morgan fingerprint density at radius 3 is 3.00 bits per heavy atom. The molecule has 1 aliphatic carbocycles. The Labute approximate surface area is 122 Å². The van der Waals surface area contributed by atoms with Gasteiger partial charge in [0.15, 0.2) is 11.5 Å². The molecule has 21 heavy (non-hydrogen) atoms. The van der Waals surface area contributed by atoms with Crippen LogP contribution in [0.3, 0.4) is 0 Å². The minimum atomic E-state index is -1.15. The van der Waals surface area contributed by atoms with Gasteiger partial charge in [-0.3, -0.25) is 4.79 Å². The third kappa shape index (κ3) is 2.01. The second kappa shape index (κ2) is 4.93. The zero-order valence-corrected chi connectivity index (χ0v) is 11.7. The number of hydrogen-bond acceptors (Lipinski definition) is 6. The molecule has 3 rings (SSSR count). The second-order valence-corrected chi connectivity index (χ2v) is 5.29. The molecule has 1 fully saturated rings. The quantitative estimate of drug-likeness (QED) is 0.842. The van der Waals surface area contributed by atoms with Crippen LogP contribution in [0.15, 0.2) is 18.2 Å². The van der Waals surface area contributed by atoms with Crippen LogP contribution in [0.4, 0.5) is 0 Å². The topological polar surface area (TPSA) is 94.6 Å². The van der Waals surface area contributed by atoms with E-state index in [1.54, 1.807) is 19.1 Å². The van der Waals surface area contributed by atoms with Crippen molar-refractivity contribution in [2.45, 2.75) is 24.8 Å². The van der Waals surface area contributed by atoms with Gasteiger partial charge >= 0.3 is 5.97 Å². The average molecular weight is 288 g/mol. The number of carbonyl (C=O) groups excluding carboxylic acids is 1. The summed E-state index contributed by atoms with van der Waals surface area (Å²) in [5.74, 6) is 0.114. The van der Waals surface area contributed by atoms with Crippen molar-refractivity contribution < 1.29 is 19.0 Å². The molecule has 0 radical (unpaired) electrons. The number of ether oxygens (including phenoxy) is 3. The van der Waals surface area contributed by atoms with Crippen LogP contribution < -0.4 is 15.2 Å². The summed E-state index contributed by atoms with van der Waals surface area (Å²) in [6.07, 6.45) is 0.307. The summed E-state index contributed by atoms with van der Waals surface area (Å²) in [7, 11) is 0. The van der Waals surface area contributed by atoms with Gasteiger partial charge in [-0.15, -0.1) is 0 Å². The molecule has 0 aromatic heterocycles. The third-order valence-electron chi connectivity index (χ3n) is 4.09. The van der Waals surface area contributed by atoms with Gasteiger partial charge in [0.1, 0.15) is 5.54 Å². The van der Waals surface area contributed by atoms with Crippen LogP contribution in [0.25, 0.3) is 0 Å². The molecule has 0 amide bonds. The van der Waals surface area contributed by atoms with Gasteiger partial charge in [0.2, 0.25) is 6.79 Å². The number of nitrogens with two attached hydrogens (primary N) is 1. The molecule has 0 bridgehead atoms. The van der Waals surface area contributed by atoms with Gasteiger partial charge in [-0.25, -0.2) is 0 Å². The lowest BCUT2D eigenvalue weighted by atomic mass is 9.57. The summed E-state index contributed by atoms with van der Waals surface area (Å²) < 4.78 is 15.7. The fraction of sp³-hybridized carbons (Fsp3) is 0.467. The van der Waals surface area contributed by atoms with Crippen LogP contribution in [-0.2, 0) is 9.53 Å². The minimum Gasteiger partial charge on any atom is -0.465 e. The minimum absolute atomic E-state index is 0.177. The van der Waals surface area contributed by atoms with E-state index in [0.717, 1.165) is 5.56 Å². The lowest BCUT2D eigenvalue weighted by molar-refractivity contribution is -0.156. The number of hydrogen-bond donors (Lipinski definition) is 1. The first kappa shape index (κ1) is 13.7. The lowest BCUT2D eigenvalue weighted by Gasteiger charge is -2.48. The first-order valence-electron chi connectivity index (χ1n) is 6.85. The molecule has 6 heteroatoms. The molecule has 1 heterocycles. The standard InChI is InChI=1S/C15H16N2O4/c1-2-19-14(18)15(17)6-10(7-16)13(15)9-3-4-11-12(5-9)21-8-20-11/h3-5,10,13H,2,6,8,17H2,1H3. The van der Waals surface area contributed by atoms with E-state index >= 15 is 0 Å². The highest BCUT2D eigenvalue weighted by molar-refractivity contribution is 5.84. The molecule has 2 N–H and O–H groups in total. The molecule has 2 aliphatic rings. The highest BCUT2D eigenvalue weighted by atomic mass is 16.7. The van der Waals surface area contributed by atoms with Crippen LogP contribution in [0.1, 0.15) is 24.8 Å². The summed E-state index contributed by atoms with van der Waals surface area (Å²) in [6, 6.07) is 7.59. The van der Waals surface area contributed by atoms with Crippen molar-refractivity contribution in [1.82, 2.24) is 0 Å². The molecule has 3 atom stereocenters. The van der Waals surface area contributed by atoms with E-state index in [-0.39, 0.29) is 19.3 Å². The molecular weight excluding hydrogens is 272 g/mol. The Morgan fingerprint density at radius 2 is 2.29 bits per heavy atom. The highest BCUT2D eigenvalue weighted by Gasteiger charge is 2.58. The fourth-order valence-electron chi connectivity index (χ4n) is 3.04. The van der Waals surface area contributed by atoms with E-state index < -0.39 is 17.4 Å². The smallest absolute Gasteiger partial charge is 0.326 e. The number of nitriles is 1. The van der Waals surface area contributed by atoms with E-state index in [2.05, 4.69) is 6.07 Å². The van der Waals surface area contributed by atoms with Gasteiger partial charge in [0.05, 0.1) is 18.6 Å². The number of esters is 1. The maximum Gasteiger partial charge on any atom is 0.326 e. The Morgan fingerprint density at radius 1 is 1.52 bits per heavy atom. The van der Waals surface area contributed by atoms with Gasteiger partial charge in [-0.05, 0) is 31.0 Å². The van der Waals surface area contributed by atoms with E-state index in [1.165, 1.54) is 0 Å². The molecule has 110 valence electrons. The summed E-state index contributed by atoms with van der Waals surface area (Å²) in [5.41, 5.74) is 5.87. The van der Waals surface area contributed by atoms with Crippen LogP contribution in [0.5, 0.6) is 11.5 Å². The van der Waals surface area contributed by atoms with Crippen molar-refractivity contribution in [3.63, 3.8) is 0 Å². The highest BCUT2D eigenvalue weighted by Crippen LogP contribution is 2.51. The summed E-state index contributed by atoms with van der Waals surface area (Å²) in [5, 5.41) is 9.24. The molecule has 6 nitrogen and oxygen atoms in total. The Bertz CT molecular complexity index is 625. The molecule has 1 aromatic rings. The van der Waals surface area contributed by atoms with Gasteiger partial charge in [-0.1, -0.05) is 6.07 Å². The van der Waals surface area contributed by atoms with Crippen molar-refractivity contribution >= 4 is 5.97 Å². The fourth-order valence-corrected chi connectivity index (χ4v) is 3.04. The normalized spacial score (nSPS) is 29.4. The van der Waals surface area contributed by atoms with E-state index in [4.69, 9.17) is 19.9 Å². The van der Waals surface area contributed by atoms with Gasteiger partial charge in [-0.2, -0.15) is 5.26 Å². The summed E-state index contributed by atoms with van der Waals surface area (Å²) in [4.78, 5) is 12.1. The van der Waals surface area contributed by atoms with Gasteiger partial charge < -0.3 is 19.9 Å². The summed E-state index contributed by atoms with van der Waals surface area (Å²) >= 11 is 0. The molecule has 0 spiro atoms. The lowest BCUT2D eigenvalue weighted by Crippen LogP contribution is -2.64. The van der Waals surface area contributed by atoms with Crippen molar-refractivity contribution in [1.29, 1.82) is 5.26 Å². The van der Waals surface area contributed by atoms with Crippen LogP contribution in [-0.4, -0.2) is 24.9 Å². The van der Waals surface area contributed by atoms with E-state index in [0.29, 0.717) is 17.9 Å². The Kier molecular flexibility index (Phi) is 3.22. The zero-order valence-electron chi connectivity index (χ0n) is 11.7.